The van der Waals surface area contributed by atoms with Crippen LogP contribution in [-0.4, -0.2) is 41.9 Å². The maximum Gasteiger partial charge on any atom is 0.229 e. The van der Waals surface area contributed by atoms with Crippen LogP contribution in [0.3, 0.4) is 0 Å². The number of hydrogen-bond donors (Lipinski definition) is 3. The van der Waals surface area contributed by atoms with Crippen molar-refractivity contribution >= 4 is 33.1 Å². The second-order valence-electron chi connectivity index (χ2n) is 7.57. The van der Waals surface area contributed by atoms with Gasteiger partial charge in [-0.25, -0.2) is 13.4 Å². The molecule has 3 rings (SSSR count). The van der Waals surface area contributed by atoms with Gasteiger partial charge in [0.15, 0.2) is 27.2 Å². The van der Waals surface area contributed by atoms with Gasteiger partial charge in [0.1, 0.15) is 0 Å². The molecule has 9 nitrogen and oxygen atoms in total. The molecule has 0 saturated heterocycles. The summed E-state index contributed by atoms with van der Waals surface area (Å²) in [5.74, 6) is 1.84. The van der Waals surface area contributed by atoms with Gasteiger partial charge < -0.3 is 15.4 Å². The van der Waals surface area contributed by atoms with Gasteiger partial charge in [0.2, 0.25) is 5.95 Å². The van der Waals surface area contributed by atoms with E-state index in [0.717, 1.165) is 5.69 Å². The molecular weight excluding hydrogens is 392 g/mol. The third kappa shape index (κ3) is 5.02. The van der Waals surface area contributed by atoms with Crippen molar-refractivity contribution in [2.45, 2.75) is 31.1 Å². The molecule has 0 aliphatic rings. The van der Waals surface area contributed by atoms with Crippen molar-refractivity contribution in [2.24, 2.45) is 0 Å². The molecule has 0 amide bonds. The Morgan fingerprint density at radius 1 is 1.10 bits per heavy atom. The molecule has 0 unspecified atom stereocenters. The van der Waals surface area contributed by atoms with E-state index in [9.17, 15) is 8.42 Å². The van der Waals surface area contributed by atoms with Crippen molar-refractivity contribution in [3.63, 3.8) is 0 Å². The molecule has 0 spiro atoms. The highest BCUT2D eigenvalue weighted by Crippen LogP contribution is 2.28. The minimum atomic E-state index is -3.25. The SMILES string of the molecule is COc1cnc(Nc2ccc(S(C)(=O)=O)cc2)nc1Nc1cc(C(C)(C)C)[nH]n1. The largest absolute Gasteiger partial charge is 0.491 e. The lowest BCUT2D eigenvalue weighted by molar-refractivity contribution is 0.413. The number of methoxy groups -OCH3 is 1. The first kappa shape index (κ1) is 20.6. The first-order valence-electron chi connectivity index (χ1n) is 8.87. The Labute approximate surface area is 169 Å². The number of aromatic nitrogens is 4. The van der Waals surface area contributed by atoms with E-state index in [2.05, 4.69) is 51.6 Å². The highest BCUT2D eigenvalue weighted by molar-refractivity contribution is 7.90. The molecule has 10 heteroatoms. The van der Waals surface area contributed by atoms with Crippen LogP contribution in [0.2, 0.25) is 0 Å². The third-order valence-electron chi connectivity index (χ3n) is 4.15. The van der Waals surface area contributed by atoms with Crippen LogP contribution in [0.1, 0.15) is 26.5 Å². The van der Waals surface area contributed by atoms with Crippen LogP contribution in [0.15, 0.2) is 41.4 Å². The summed E-state index contributed by atoms with van der Waals surface area (Å²) in [5.41, 5.74) is 1.58. The van der Waals surface area contributed by atoms with Crippen LogP contribution < -0.4 is 15.4 Å². The molecule has 0 saturated carbocycles. The predicted octanol–water partition coefficient (Wildman–Crippen LogP) is 3.40. The summed E-state index contributed by atoms with van der Waals surface area (Å²) in [6.07, 6.45) is 2.71. The van der Waals surface area contributed by atoms with Gasteiger partial charge in [0, 0.05) is 29.1 Å². The molecule has 1 aromatic carbocycles. The maximum atomic E-state index is 11.6. The van der Waals surface area contributed by atoms with E-state index in [4.69, 9.17) is 4.74 Å². The van der Waals surface area contributed by atoms with Crippen molar-refractivity contribution in [1.82, 2.24) is 20.2 Å². The minimum Gasteiger partial charge on any atom is -0.491 e. The fraction of sp³-hybridized carbons (Fsp3) is 0.316. The Hall–Kier alpha value is -3.14. The van der Waals surface area contributed by atoms with Gasteiger partial charge >= 0.3 is 0 Å². The van der Waals surface area contributed by atoms with Crippen LogP contribution in [0.4, 0.5) is 23.3 Å². The van der Waals surface area contributed by atoms with Crippen molar-refractivity contribution in [3.8, 4) is 5.75 Å². The maximum absolute atomic E-state index is 11.6. The number of rotatable bonds is 6. The summed E-state index contributed by atoms with van der Waals surface area (Å²) in [6.45, 7) is 6.27. The highest BCUT2D eigenvalue weighted by atomic mass is 32.2. The number of anilines is 4. The first-order valence-corrected chi connectivity index (χ1v) is 10.8. The van der Waals surface area contributed by atoms with E-state index in [1.165, 1.54) is 25.5 Å². The van der Waals surface area contributed by atoms with E-state index in [1.807, 2.05) is 6.07 Å². The molecule has 29 heavy (non-hydrogen) atoms. The normalized spacial score (nSPS) is 11.9. The lowest BCUT2D eigenvalue weighted by Crippen LogP contribution is -2.11. The second-order valence-corrected chi connectivity index (χ2v) is 9.59. The van der Waals surface area contributed by atoms with E-state index < -0.39 is 9.84 Å². The van der Waals surface area contributed by atoms with Crippen LogP contribution in [0.25, 0.3) is 0 Å². The number of nitrogens with one attached hydrogen (secondary N) is 3. The van der Waals surface area contributed by atoms with Crippen molar-refractivity contribution < 1.29 is 13.2 Å². The fourth-order valence-electron chi connectivity index (χ4n) is 2.48. The zero-order valence-electron chi connectivity index (χ0n) is 16.9. The van der Waals surface area contributed by atoms with E-state index in [1.54, 1.807) is 18.3 Å². The van der Waals surface area contributed by atoms with Gasteiger partial charge in [0.25, 0.3) is 0 Å². The number of nitrogens with zero attached hydrogens (tertiary/aromatic N) is 3. The third-order valence-corrected chi connectivity index (χ3v) is 5.27. The fourth-order valence-corrected chi connectivity index (χ4v) is 3.11. The number of sulfone groups is 1. The Bertz CT molecular complexity index is 1100. The Morgan fingerprint density at radius 3 is 2.34 bits per heavy atom. The summed E-state index contributed by atoms with van der Waals surface area (Å²) in [5, 5.41) is 13.5. The molecule has 0 atom stereocenters. The van der Waals surface area contributed by atoms with Gasteiger partial charge in [-0.15, -0.1) is 0 Å². The van der Waals surface area contributed by atoms with Crippen LogP contribution in [0.5, 0.6) is 5.75 Å². The molecule has 0 radical (unpaired) electrons. The average Bonchev–Trinajstić information content (AvgIpc) is 3.11. The average molecular weight is 417 g/mol. The molecule has 154 valence electrons. The van der Waals surface area contributed by atoms with Crippen LogP contribution in [0, 0.1) is 0 Å². The summed E-state index contributed by atoms with van der Waals surface area (Å²) in [4.78, 5) is 8.92. The second kappa shape index (κ2) is 7.70. The minimum absolute atomic E-state index is 0.0620. The van der Waals surface area contributed by atoms with Crippen molar-refractivity contribution in [3.05, 3.63) is 42.2 Å². The van der Waals surface area contributed by atoms with Crippen molar-refractivity contribution in [1.29, 1.82) is 0 Å². The lowest BCUT2D eigenvalue weighted by Gasteiger charge is -2.14. The van der Waals surface area contributed by atoms with Gasteiger partial charge in [-0.1, -0.05) is 20.8 Å². The molecule has 0 aliphatic heterocycles. The summed E-state index contributed by atoms with van der Waals surface area (Å²) in [6, 6.07) is 8.27. The van der Waals surface area contributed by atoms with Crippen molar-refractivity contribution in [2.75, 3.05) is 24.0 Å². The number of hydrogen-bond acceptors (Lipinski definition) is 8. The molecule has 0 bridgehead atoms. The Balaban J connectivity index is 1.82. The number of H-pyrrole nitrogens is 1. The zero-order chi connectivity index (χ0) is 21.2. The molecule has 3 aromatic rings. The van der Waals surface area contributed by atoms with Gasteiger partial charge in [-0.2, -0.15) is 10.1 Å². The summed E-state index contributed by atoms with van der Waals surface area (Å²) in [7, 11) is -1.71. The molecule has 2 heterocycles. The van der Waals surface area contributed by atoms with E-state index >= 15 is 0 Å². The summed E-state index contributed by atoms with van der Waals surface area (Å²) >= 11 is 0. The highest BCUT2D eigenvalue weighted by Gasteiger charge is 2.18. The van der Waals surface area contributed by atoms with Crippen LogP contribution in [-0.2, 0) is 15.3 Å². The molecule has 0 aliphatic carbocycles. The Kier molecular flexibility index (Phi) is 5.47. The summed E-state index contributed by atoms with van der Waals surface area (Å²) < 4.78 is 28.5. The zero-order valence-corrected chi connectivity index (χ0v) is 17.8. The van der Waals surface area contributed by atoms with Gasteiger partial charge in [-0.3, -0.25) is 5.10 Å². The smallest absolute Gasteiger partial charge is 0.229 e. The monoisotopic (exact) mass is 416 g/mol. The molecular formula is C19H24N6O3S. The molecule has 2 aromatic heterocycles. The van der Waals surface area contributed by atoms with E-state index in [0.29, 0.717) is 29.0 Å². The standard InChI is InChI=1S/C19H24N6O3S/c1-19(2,3)15-10-16(25-24-15)22-17-14(28-4)11-20-18(23-17)21-12-6-8-13(9-7-12)29(5,26)27/h6-11H,1-5H3,(H3,20,21,22,23,24,25). The lowest BCUT2D eigenvalue weighted by atomic mass is 9.92. The number of benzene rings is 1. The topological polar surface area (TPSA) is 122 Å². The van der Waals surface area contributed by atoms with Gasteiger partial charge in [-0.05, 0) is 24.3 Å². The quantitative estimate of drug-likeness (QED) is 0.559. The van der Waals surface area contributed by atoms with Gasteiger partial charge in [0.05, 0.1) is 18.2 Å². The Morgan fingerprint density at radius 2 is 1.79 bits per heavy atom. The number of ether oxygens (including phenoxy) is 1. The molecule has 3 N–H and O–H groups in total. The first-order chi connectivity index (χ1) is 13.6. The van der Waals surface area contributed by atoms with E-state index in [-0.39, 0.29) is 10.3 Å². The number of aromatic amines is 1. The molecule has 0 fully saturated rings. The predicted molar refractivity (Wildman–Crippen MR) is 112 cm³/mol. The van der Waals surface area contributed by atoms with Crippen LogP contribution >= 0.6 is 0 Å².